The summed E-state index contributed by atoms with van der Waals surface area (Å²) in [5.74, 6) is 0.899. The van der Waals surface area contributed by atoms with E-state index in [4.69, 9.17) is 4.74 Å². The zero-order valence-corrected chi connectivity index (χ0v) is 10.8. The molecular formula is C11H19F3O2S. The van der Waals surface area contributed by atoms with Crippen LogP contribution in [-0.2, 0) is 9.53 Å². The van der Waals surface area contributed by atoms with E-state index in [0.717, 1.165) is 18.6 Å². The van der Waals surface area contributed by atoms with E-state index in [-0.39, 0.29) is 12.4 Å². The van der Waals surface area contributed by atoms with Gasteiger partial charge in [-0.05, 0) is 25.5 Å². The Hall–Kier alpha value is -0.390. The monoisotopic (exact) mass is 272 g/mol. The lowest BCUT2D eigenvalue weighted by Gasteiger charge is -2.05. The topological polar surface area (TPSA) is 26.3 Å². The standard InChI is InChI=1S/C11H19F3O2S/c1-2-16-10(15)9-17-8-6-4-3-5-7-11(12,13)14/h2-9H2,1H3. The van der Waals surface area contributed by atoms with Crippen LogP contribution in [0.2, 0.25) is 0 Å². The molecule has 0 aromatic carbocycles. The van der Waals surface area contributed by atoms with Gasteiger partial charge in [0.1, 0.15) is 0 Å². The summed E-state index contributed by atoms with van der Waals surface area (Å²) < 4.78 is 40.1. The highest BCUT2D eigenvalue weighted by Gasteiger charge is 2.25. The Morgan fingerprint density at radius 1 is 1.18 bits per heavy atom. The van der Waals surface area contributed by atoms with Gasteiger partial charge in [-0.15, -0.1) is 0 Å². The average Bonchev–Trinajstić information content (AvgIpc) is 2.21. The minimum atomic E-state index is -4.03. The molecule has 17 heavy (non-hydrogen) atoms. The van der Waals surface area contributed by atoms with Gasteiger partial charge in [-0.1, -0.05) is 12.8 Å². The molecule has 0 aliphatic rings. The number of ether oxygens (including phenoxy) is 1. The van der Waals surface area contributed by atoms with Crippen molar-refractivity contribution in [1.82, 2.24) is 0 Å². The Morgan fingerprint density at radius 3 is 2.41 bits per heavy atom. The first kappa shape index (κ1) is 16.6. The Balaban J connectivity index is 3.16. The summed E-state index contributed by atoms with van der Waals surface area (Å²) in [6.45, 7) is 2.14. The van der Waals surface area contributed by atoms with Crippen molar-refractivity contribution >= 4 is 17.7 Å². The van der Waals surface area contributed by atoms with Crippen LogP contribution in [0.15, 0.2) is 0 Å². The van der Waals surface area contributed by atoms with Crippen LogP contribution in [0.3, 0.4) is 0 Å². The van der Waals surface area contributed by atoms with E-state index >= 15 is 0 Å². The third-order valence-corrected chi connectivity index (χ3v) is 3.04. The van der Waals surface area contributed by atoms with E-state index in [2.05, 4.69) is 0 Å². The van der Waals surface area contributed by atoms with Gasteiger partial charge in [-0.25, -0.2) is 0 Å². The van der Waals surface area contributed by atoms with E-state index in [9.17, 15) is 18.0 Å². The summed E-state index contributed by atoms with van der Waals surface area (Å²) in [6, 6.07) is 0. The summed E-state index contributed by atoms with van der Waals surface area (Å²) in [6.07, 6.45) is -2.29. The van der Waals surface area contributed by atoms with Crippen molar-refractivity contribution in [3.63, 3.8) is 0 Å². The normalized spacial score (nSPS) is 11.5. The van der Waals surface area contributed by atoms with Crippen molar-refractivity contribution in [3.05, 3.63) is 0 Å². The smallest absolute Gasteiger partial charge is 0.389 e. The number of unbranched alkanes of at least 4 members (excludes halogenated alkanes) is 3. The van der Waals surface area contributed by atoms with Crippen molar-refractivity contribution in [2.24, 2.45) is 0 Å². The lowest BCUT2D eigenvalue weighted by Crippen LogP contribution is -2.07. The Kier molecular flexibility index (Phi) is 9.40. The molecular weight excluding hydrogens is 253 g/mol. The van der Waals surface area contributed by atoms with Crippen LogP contribution in [0.1, 0.15) is 39.0 Å². The molecule has 0 aliphatic carbocycles. The molecule has 0 N–H and O–H groups in total. The number of halogens is 3. The van der Waals surface area contributed by atoms with Crippen LogP contribution in [0.5, 0.6) is 0 Å². The number of carbonyl (C=O) groups excluding carboxylic acids is 1. The molecule has 0 rings (SSSR count). The van der Waals surface area contributed by atoms with Gasteiger partial charge in [-0.2, -0.15) is 24.9 Å². The molecule has 0 unspecified atom stereocenters. The van der Waals surface area contributed by atoms with Gasteiger partial charge in [0.25, 0.3) is 0 Å². The quantitative estimate of drug-likeness (QED) is 0.472. The lowest BCUT2D eigenvalue weighted by atomic mass is 10.1. The summed E-state index contributed by atoms with van der Waals surface area (Å²) in [5.41, 5.74) is 0. The largest absolute Gasteiger partial charge is 0.465 e. The first-order valence-corrected chi connectivity index (χ1v) is 6.91. The van der Waals surface area contributed by atoms with Gasteiger partial charge >= 0.3 is 12.1 Å². The summed E-state index contributed by atoms with van der Waals surface area (Å²) in [4.78, 5) is 10.9. The van der Waals surface area contributed by atoms with Gasteiger partial charge in [0.2, 0.25) is 0 Å². The molecule has 0 aromatic rings. The predicted octanol–water partition coefficient (Wildman–Crippen LogP) is 3.80. The van der Waals surface area contributed by atoms with Crippen LogP contribution in [0.25, 0.3) is 0 Å². The molecule has 0 heterocycles. The van der Waals surface area contributed by atoms with Gasteiger partial charge in [0, 0.05) is 6.42 Å². The first-order chi connectivity index (χ1) is 7.95. The van der Waals surface area contributed by atoms with Crippen LogP contribution in [0, 0.1) is 0 Å². The fourth-order valence-electron chi connectivity index (χ4n) is 1.24. The SMILES string of the molecule is CCOC(=O)CSCCCCCCC(F)(F)F. The zero-order chi connectivity index (χ0) is 13.1. The highest BCUT2D eigenvalue weighted by atomic mass is 32.2. The van der Waals surface area contributed by atoms with Gasteiger partial charge < -0.3 is 4.74 Å². The molecule has 0 amide bonds. The number of rotatable bonds is 9. The molecule has 6 heteroatoms. The number of hydrogen-bond acceptors (Lipinski definition) is 3. The van der Waals surface area contributed by atoms with E-state index < -0.39 is 12.6 Å². The van der Waals surface area contributed by atoms with Crippen LogP contribution in [0.4, 0.5) is 13.2 Å². The number of carbonyl (C=O) groups is 1. The predicted molar refractivity (Wildman–Crippen MR) is 63.1 cm³/mol. The van der Waals surface area contributed by atoms with E-state index in [1.807, 2.05) is 0 Å². The highest BCUT2D eigenvalue weighted by Crippen LogP contribution is 2.23. The number of esters is 1. The fraction of sp³-hybridized carbons (Fsp3) is 0.909. The Morgan fingerprint density at radius 2 is 1.82 bits per heavy atom. The number of thioether (sulfide) groups is 1. The molecule has 0 saturated heterocycles. The molecule has 0 saturated carbocycles. The molecule has 0 bridgehead atoms. The van der Waals surface area contributed by atoms with Crippen LogP contribution in [-0.4, -0.2) is 30.3 Å². The van der Waals surface area contributed by atoms with Gasteiger partial charge in [-0.3, -0.25) is 4.79 Å². The first-order valence-electron chi connectivity index (χ1n) is 5.76. The molecule has 0 aliphatic heterocycles. The third kappa shape index (κ3) is 13.5. The average molecular weight is 272 g/mol. The second-order valence-corrected chi connectivity index (χ2v) is 4.74. The van der Waals surface area contributed by atoms with Crippen molar-refractivity contribution in [2.75, 3.05) is 18.1 Å². The zero-order valence-electron chi connectivity index (χ0n) is 10.0. The van der Waals surface area contributed by atoms with Crippen molar-refractivity contribution in [1.29, 1.82) is 0 Å². The van der Waals surface area contributed by atoms with Crippen LogP contribution < -0.4 is 0 Å². The van der Waals surface area contributed by atoms with Crippen molar-refractivity contribution < 1.29 is 22.7 Å². The van der Waals surface area contributed by atoms with Gasteiger partial charge in [0.15, 0.2) is 0 Å². The number of hydrogen-bond donors (Lipinski definition) is 0. The fourth-order valence-corrected chi connectivity index (χ4v) is 2.04. The number of alkyl halides is 3. The lowest BCUT2D eigenvalue weighted by molar-refractivity contribution is -0.140. The van der Waals surface area contributed by atoms with Crippen molar-refractivity contribution in [3.8, 4) is 0 Å². The van der Waals surface area contributed by atoms with Crippen LogP contribution >= 0.6 is 11.8 Å². The van der Waals surface area contributed by atoms with Gasteiger partial charge in [0.05, 0.1) is 12.4 Å². The molecule has 0 radical (unpaired) electrons. The second kappa shape index (κ2) is 9.62. The molecule has 102 valence electrons. The van der Waals surface area contributed by atoms with E-state index in [1.165, 1.54) is 11.8 Å². The molecule has 0 fully saturated rings. The minimum Gasteiger partial charge on any atom is -0.465 e. The van der Waals surface area contributed by atoms with Crippen molar-refractivity contribution in [2.45, 2.75) is 45.2 Å². The molecule has 0 atom stereocenters. The minimum absolute atomic E-state index is 0.200. The Labute approximate surface area is 104 Å². The van der Waals surface area contributed by atoms with E-state index in [1.54, 1.807) is 6.92 Å². The maximum Gasteiger partial charge on any atom is 0.389 e. The molecule has 0 aromatic heterocycles. The second-order valence-electron chi connectivity index (χ2n) is 3.64. The molecule has 2 nitrogen and oxygen atoms in total. The highest BCUT2D eigenvalue weighted by molar-refractivity contribution is 7.99. The third-order valence-electron chi connectivity index (χ3n) is 2.02. The maximum atomic E-state index is 11.8. The summed E-state index contributed by atoms with van der Waals surface area (Å²) in [7, 11) is 0. The summed E-state index contributed by atoms with van der Waals surface area (Å²) >= 11 is 1.47. The summed E-state index contributed by atoms with van der Waals surface area (Å²) in [5, 5.41) is 0. The van der Waals surface area contributed by atoms with E-state index in [0.29, 0.717) is 18.8 Å². The Bertz CT molecular complexity index is 207. The maximum absolute atomic E-state index is 11.8. The molecule has 0 spiro atoms.